The molecule has 3 N–H and O–H groups in total. The quantitative estimate of drug-likeness (QED) is 0.522. The number of aliphatic hydroxyl groups is 1. The minimum atomic E-state index is -0.539. The van der Waals surface area contributed by atoms with Gasteiger partial charge in [-0.05, 0) is 18.6 Å². The Kier molecular flexibility index (Phi) is 6.87. The van der Waals surface area contributed by atoms with Gasteiger partial charge in [-0.25, -0.2) is 4.98 Å². The normalized spacial score (nSPS) is 11.4. The first-order valence-electron chi connectivity index (χ1n) is 9.99. The molecule has 0 saturated heterocycles. The highest BCUT2D eigenvalue weighted by molar-refractivity contribution is 7.19. The number of aromatic nitrogens is 3. The van der Waals surface area contributed by atoms with E-state index in [2.05, 4.69) is 20.7 Å². The second kappa shape index (κ2) is 9.40. The highest BCUT2D eigenvalue weighted by Gasteiger charge is 2.24. The van der Waals surface area contributed by atoms with Gasteiger partial charge in [0, 0.05) is 12.0 Å². The van der Waals surface area contributed by atoms with Crippen molar-refractivity contribution >= 4 is 28.3 Å². The molecule has 0 atom stereocenters. The lowest BCUT2D eigenvalue weighted by atomic mass is 9.96. The smallest absolute Gasteiger partial charge is 0.272 e. The van der Waals surface area contributed by atoms with Crippen LogP contribution in [-0.2, 0) is 17.9 Å². The molecular weight excluding hydrogens is 414 g/mol. The van der Waals surface area contributed by atoms with Gasteiger partial charge in [-0.15, -0.1) is 0 Å². The number of carbonyl (C=O) groups is 2. The fraction of sp³-hybridized carbons (Fsp3) is 0.364. The fourth-order valence-corrected chi connectivity index (χ4v) is 3.80. The molecule has 2 heterocycles. The molecule has 0 bridgehead atoms. The number of hydrogen-bond donors (Lipinski definition) is 3. The summed E-state index contributed by atoms with van der Waals surface area (Å²) in [5.41, 5.74) is 2.09. The fourth-order valence-electron chi connectivity index (χ4n) is 2.82. The first kappa shape index (κ1) is 22.6. The summed E-state index contributed by atoms with van der Waals surface area (Å²) in [6, 6.07) is 11.3. The van der Waals surface area contributed by atoms with Crippen molar-refractivity contribution < 1.29 is 14.7 Å². The summed E-state index contributed by atoms with van der Waals surface area (Å²) < 4.78 is 1.59. The number of amides is 2. The number of hydrogen-bond acceptors (Lipinski definition) is 6. The number of aryl methyl sites for hydroxylation is 1. The van der Waals surface area contributed by atoms with Crippen LogP contribution in [0.25, 0.3) is 10.6 Å². The molecule has 0 saturated carbocycles. The van der Waals surface area contributed by atoms with E-state index in [1.807, 2.05) is 58.0 Å². The lowest BCUT2D eigenvalue weighted by molar-refractivity contribution is -0.123. The molecule has 3 aromatic rings. The molecule has 0 radical (unpaired) electrons. The highest BCUT2D eigenvalue weighted by Crippen LogP contribution is 2.34. The van der Waals surface area contributed by atoms with Gasteiger partial charge in [0.2, 0.25) is 5.91 Å². The minimum Gasteiger partial charge on any atom is -0.394 e. The topological polar surface area (TPSA) is 109 Å². The van der Waals surface area contributed by atoms with Gasteiger partial charge < -0.3 is 15.7 Å². The second-order valence-electron chi connectivity index (χ2n) is 8.17. The molecule has 2 aromatic heterocycles. The summed E-state index contributed by atoms with van der Waals surface area (Å²) in [6.45, 7) is 7.85. The highest BCUT2D eigenvalue weighted by atomic mass is 32.1. The van der Waals surface area contributed by atoms with Crippen molar-refractivity contribution in [3.05, 3.63) is 53.3 Å². The van der Waals surface area contributed by atoms with Crippen molar-refractivity contribution in [3.8, 4) is 10.6 Å². The van der Waals surface area contributed by atoms with Crippen LogP contribution in [0.1, 0.15) is 42.5 Å². The zero-order valence-electron chi connectivity index (χ0n) is 18.1. The van der Waals surface area contributed by atoms with Gasteiger partial charge in [-0.3, -0.25) is 14.3 Å². The van der Waals surface area contributed by atoms with Crippen molar-refractivity contribution in [1.29, 1.82) is 0 Å². The third kappa shape index (κ3) is 5.56. The second-order valence-corrected chi connectivity index (χ2v) is 9.17. The van der Waals surface area contributed by atoms with Gasteiger partial charge >= 0.3 is 0 Å². The number of carbonyl (C=O) groups excluding carboxylic acids is 2. The Morgan fingerprint density at radius 3 is 2.55 bits per heavy atom. The van der Waals surface area contributed by atoms with E-state index < -0.39 is 5.41 Å². The average molecular weight is 442 g/mol. The molecule has 0 aliphatic heterocycles. The summed E-state index contributed by atoms with van der Waals surface area (Å²) >= 11 is 1.32. The van der Waals surface area contributed by atoms with E-state index in [0.717, 1.165) is 10.4 Å². The monoisotopic (exact) mass is 441 g/mol. The van der Waals surface area contributed by atoms with E-state index in [1.165, 1.54) is 11.3 Å². The van der Waals surface area contributed by atoms with Gasteiger partial charge in [0.05, 0.1) is 29.4 Å². The molecule has 1 aromatic carbocycles. The zero-order chi connectivity index (χ0) is 22.6. The Morgan fingerprint density at radius 2 is 1.90 bits per heavy atom. The Bertz CT molecular complexity index is 1070. The Morgan fingerprint density at radius 1 is 1.19 bits per heavy atom. The third-order valence-corrected chi connectivity index (χ3v) is 5.65. The molecular formula is C22H27N5O3S. The van der Waals surface area contributed by atoms with Gasteiger partial charge in [-0.1, -0.05) is 62.4 Å². The third-order valence-electron chi connectivity index (χ3n) is 4.55. The lowest BCUT2D eigenvalue weighted by Gasteiger charge is -2.15. The van der Waals surface area contributed by atoms with Crippen molar-refractivity contribution in [2.24, 2.45) is 5.41 Å². The van der Waals surface area contributed by atoms with Crippen LogP contribution in [0.2, 0.25) is 0 Å². The predicted molar refractivity (Wildman–Crippen MR) is 121 cm³/mol. The van der Waals surface area contributed by atoms with Crippen molar-refractivity contribution in [1.82, 2.24) is 20.1 Å². The molecule has 0 fully saturated rings. The van der Waals surface area contributed by atoms with E-state index in [0.29, 0.717) is 23.1 Å². The van der Waals surface area contributed by atoms with Gasteiger partial charge in [0.15, 0.2) is 10.8 Å². The van der Waals surface area contributed by atoms with Gasteiger partial charge in [0.25, 0.3) is 5.91 Å². The molecule has 0 aliphatic carbocycles. The Hall–Kier alpha value is -3.04. The Labute approximate surface area is 185 Å². The van der Waals surface area contributed by atoms with Crippen LogP contribution >= 0.6 is 11.3 Å². The number of aliphatic hydroxyl groups excluding tert-OH is 1. The number of nitrogens with zero attached hydrogens (tertiary/aromatic N) is 3. The van der Waals surface area contributed by atoms with Gasteiger partial charge in [0.1, 0.15) is 0 Å². The van der Waals surface area contributed by atoms with E-state index in [1.54, 1.807) is 10.7 Å². The maximum absolute atomic E-state index is 12.6. The molecule has 0 unspecified atom stereocenters. The predicted octanol–water partition coefficient (Wildman–Crippen LogP) is 3.22. The van der Waals surface area contributed by atoms with Crippen LogP contribution in [0.3, 0.4) is 0 Å². The molecule has 0 spiro atoms. The maximum atomic E-state index is 12.6. The summed E-state index contributed by atoms with van der Waals surface area (Å²) in [6.07, 6.45) is 0. The Balaban J connectivity index is 1.83. The number of thiazole rings is 1. The molecule has 31 heavy (non-hydrogen) atoms. The van der Waals surface area contributed by atoms with Crippen molar-refractivity contribution in [3.63, 3.8) is 0 Å². The zero-order valence-corrected chi connectivity index (χ0v) is 18.9. The SMILES string of the molecule is Cc1nc(NC(=O)C(C)(C)C)sc1-c1cc(C(=O)NCc2ccccc2)nn1CCO. The summed E-state index contributed by atoms with van der Waals surface area (Å²) in [5.74, 6) is -0.428. The lowest BCUT2D eigenvalue weighted by Crippen LogP contribution is -2.27. The molecule has 2 amide bonds. The molecule has 164 valence electrons. The number of nitrogens with one attached hydrogen (secondary N) is 2. The van der Waals surface area contributed by atoms with E-state index in [-0.39, 0.29) is 30.7 Å². The van der Waals surface area contributed by atoms with E-state index in [4.69, 9.17) is 0 Å². The number of rotatable bonds is 7. The molecule has 8 nitrogen and oxygen atoms in total. The largest absolute Gasteiger partial charge is 0.394 e. The average Bonchev–Trinajstić information content (AvgIpc) is 3.29. The molecule has 9 heteroatoms. The van der Waals surface area contributed by atoms with Crippen LogP contribution in [0.15, 0.2) is 36.4 Å². The van der Waals surface area contributed by atoms with Gasteiger partial charge in [-0.2, -0.15) is 5.10 Å². The summed E-state index contributed by atoms with van der Waals surface area (Å²) in [4.78, 5) is 30.2. The van der Waals surface area contributed by atoms with Crippen LogP contribution in [-0.4, -0.2) is 38.3 Å². The number of anilines is 1. The number of benzene rings is 1. The standard InChI is InChI=1S/C22H27N5O3S/c1-14-18(31-21(24-14)25-20(30)22(2,3)4)17-12-16(26-27(17)10-11-28)19(29)23-13-15-8-6-5-7-9-15/h5-9,12,28H,10-11,13H2,1-4H3,(H,23,29)(H,24,25,30). The molecule has 0 aliphatic rings. The molecule has 3 rings (SSSR count). The first-order valence-corrected chi connectivity index (χ1v) is 10.8. The maximum Gasteiger partial charge on any atom is 0.272 e. The summed E-state index contributed by atoms with van der Waals surface area (Å²) in [5, 5.41) is 20.0. The summed E-state index contributed by atoms with van der Waals surface area (Å²) in [7, 11) is 0. The van der Waals surface area contributed by atoms with Crippen LogP contribution < -0.4 is 10.6 Å². The van der Waals surface area contributed by atoms with Crippen molar-refractivity contribution in [2.75, 3.05) is 11.9 Å². The van der Waals surface area contributed by atoms with Crippen LogP contribution in [0.5, 0.6) is 0 Å². The minimum absolute atomic E-state index is 0.120. The van der Waals surface area contributed by atoms with Crippen LogP contribution in [0, 0.1) is 12.3 Å². The van der Waals surface area contributed by atoms with Crippen molar-refractivity contribution in [2.45, 2.75) is 40.8 Å². The van der Waals surface area contributed by atoms with Crippen LogP contribution in [0.4, 0.5) is 5.13 Å². The van der Waals surface area contributed by atoms with E-state index in [9.17, 15) is 14.7 Å². The first-order chi connectivity index (χ1) is 14.7. The van der Waals surface area contributed by atoms with E-state index >= 15 is 0 Å².